The molecule has 1 aromatic heterocycles. The van der Waals surface area contributed by atoms with Crippen molar-refractivity contribution < 1.29 is 28.2 Å². The summed E-state index contributed by atoms with van der Waals surface area (Å²) in [5.74, 6) is 1.20. The van der Waals surface area contributed by atoms with Gasteiger partial charge in [-0.05, 0) is 80.2 Å². The normalized spacial score (nSPS) is 33.1. The summed E-state index contributed by atoms with van der Waals surface area (Å²) < 4.78 is 25.2. The van der Waals surface area contributed by atoms with Gasteiger partial charge in [0.2, 0.25) is 0 Å². The number of amides is 1. The number of hydrogen-bond donors (Lipinski definition) is 1. The highest BCUT2D eigenvalue weighted by molar-refractivity contribution is 5.63. The molecule has 6 nitrogen and oxygen atoms in total. The molecule has 1 aromatic carbocycles. The number of aliphatic hydroxyl groups is 1. The van der Waals surface area contributed by atoms with Crippen molar-refractivity contribution in [1.29, 1.82) is 0 Å². The summed E-state index contributed by atoms with van der Waals surface area (Å²) in [6, 6.07) is 10.7. The number of aliphatic hydroxyl groups excluding tert-OH is 1. The zero-order valence-corrected chi connectivity index (χ0v) is 22.8. The first kappa shape index (κ1) is 27.0. The number of ether oxygens (including phenoxy) is 2. The number of pyridine rings is 1. The molecule has 1 amide bonds. The van der Waals surface area contributed by atoms with Crippen LogP contribution in [0.4, 0.5) is 9.18 Å². The van der Waals surface area contributed by atoms with Gasteiger partial charge in [-0.1, -0.05) is 24.3 Å². The lowest BCUT2D eigenvalue weighted by Gasteiger charge is -2.50. The average molecular weight is 524 g/mol. The number of carbonyl (C=O) groups is 1. The van der Waals surface area contributed by atoms with Crippen LogP contribution in [0.15, 0.2) is 48.7 Å². The Morgan fingerprint density at radius 1 is 1.18 bits per heavy atom. The van der Waals surface area contributed by atoms with E-state index in [1.807, 2.05) is 39.2 Å². The van der Waals surface area contributed by atoms with E-state index in [0.29, 0.717) is 18.4 Å². The Morgan fingerprint density at radius 2 is 2.00 bits per heavy atom. The molecule has 0 radical (unpaired) electrons. The Balaban J connectivity index is 1.36. The number of quaternary nitrogens is 1. The second-order valence-electron chi connectivity index (χ2n) is 11.8. The lowest BCUT2D eigenvalue weighted by molar-refractivity contribution is -0.846. The van der Waals surface area contributed by atoms with Gasteiger partial charge in [0.1, 0.15) is 5.82 Å². The third-order valence-corrected chi connectivity index (χ3v) is 9.37. The molecule has 0 spiro atoms. The van der Waals surface area contributed by atoms with Gasteiger partial charge in [0.05, 0.1) is 38.5 Å². The van der Waals surface area contributed by atoms with Crippen LogP contribution >= 0.6 is 0 Å². The summed E-state index contributed by atoms with van der Waals surface area (Å²) in [5, 5.41) is 10.8. The molecule has 1 saturated heterocycles. The van der Waals surface area contributed by atoms with Crippen molar-refractivity contribution in [3.63, 3.8) is 0 Å². The summed E-state index contributed by atoms with van der Waals surface area (Å²) in [4.78, 5) is 17.3. The van der Waals surface area contributed by atoms with E-state index >= 15 is 0 Å². The fourth-order valence-electron chi connectivity index (χ4n) is 7.35. The van der Waals surface area contributed by atoms with Crippen LogP contribution in [0, 0.1) is 35.4 Å². The van der Waals surface area contributed by atoms with E-state index in [-0.39, 0.29) is 46.3 Å². The second-order valence-corrected chi connectivity index (χ2v) is 11.8. The predicted molar refractivity (Wildman–Crippen MR) is 144 cm³/mol. The molecule has 1 N–H and O–H groups in total. The summed E-state index contributed by atoms with van der Waals surface area (Å²) >= 11 is 0. The molecule has 7 heteroatoms. The van der Waals surface area contributed by atoms with E-state index in [1.54, 1.807) is 12.3 Å². The third-order valence-electron chi connectivity index (χ3n) is 9.37. The number of carbonyl (C=O) groups excluding carboxylic acids is 1. The van der Waals surface area contributed by atoms with Crippen molar-refractivity contribution in [2.24, 2.45) is 29.6 Å². The van der Waals surface area contributed by atoms with E-state index < -0.39 is 6.29 Å². The monoisotopic (exact) mass is 523 g/mol. The van der Waals surface area contributed by atoms with Crippen LogP contribution < -0.4 is 0 Å². The van der Waals surface area contributed by atoms with Crippen molar-refractivity contribution in [2.75, 3.05) is 20.7 Å². The molecule has 2 heterocycles. The van der Waals surface area contributed by atoms with Crippen LogP contribution in [0.2, 0.25) is 0 Å². The average Bonchev–Trinajstić information content (AvgIpc) is 3.19. The van der Waals surface area contributed by atoms with Crippen molar-refractivity contribution in [2.45, 2.75) is 58.0 Å². The SMILES string of the molecule is CCOC(=O)[N+](C)(C)[C@@H]1CC[C@@H]2[C@@H](C1)C[C@H]1C(O)O[C@H](C)[C@H]1[C@H]2/C=C/c1ccc(-c2cccc(F)c2)cn1. The third kappa shape index (κ3) is 5.16. The van der Waals surface area contributed by atoms with Crippen LogP contribution in [-0.2, 0) is 9.47 Å². The molecule has 38 heavy (non-hydrogen) atoms. The van der Waals surface area contributed by atoms with Gasteiger partial charge in [-0.25, -0.2) is 8.87 Å². The number of nitrogens with zero attached hydrogens (tertiary/aromatic N) is 2. The Bertz CT molecular complexity index is 1170. The Hall–Kier alpha value is -2.61. The molecule has 2 aromatic rings. The molecular weight excluding hydrogens is 483 g/mol. The number of aromatic nitrogens is 1. The van der Waals surface area contributed by atoms with Crippen molar-refractivity contribution in [3.05, 3.63) is 60.2 Å². The van der Waals surface area contributed by atoms with E-state index in [9.17, 15) is 14.3 Å². The lowest BCUT2D eigenvalue weighted by atomic mass is 9.56. The molecule has 1 unspecified atom stereocenters. The van der Waals surface area contributed by atoms with Gasteiger partial charge < -0.3 is 14.6 Å². The highest BCUT2D eigenvalue weighted by Gasteiger charge is 2.55. The smallest absolute Gasteiger partial charge is 0.420 e. The molecule has 0 bridgehead atoms. The Labute approximate surface area is 225 Å². The maximum Gasteiger partial charge on any atom is 0.515 e. The minimum absolute atomic E-state index is 0.0154. The summed E-state index contributed by atoms with van der Waals surface area (Å²) in [6.07, 6.45) is 9.07. The number of hydrogen-bond acceptors (Lipinski definition) is 5. The van der Waals surface area contributed by atoms with E-state index in [2.05, 4.69) is 24.1 Å². The fourth-order valence-corrected chi connectivity index (χ4v) is 7.35. The van der Waals surface area contributed by atoms with Gasteiger partial charge in [-0.15, -0.1) is 0 Å². The summed E-state index contributed by atoms with van der Waals surface area (Å²) in [5.41, 5.74) is 2.53. The Morgan fingerprint density at radius 3 is 2.71 bits per heavy atom. The molecule has 3 fully saturated rings. The molecule has 8 atom stereocenters. The Kier molecular flexibility index (Phi) is 7.72. The first-order chi connectivity index (χ1) is 18.2. The van der Waals surface area contributed by atoms with Crippen LogP contribution in [-0.4, -0.2) is 59.8 Å². The quantitative estimate of drug-likeness (QED) is 0.494. The minimum atomic E-state index is -0.747. The van der Waals surface area contributed by atoms with Gasteiger partial charge >= 0.3 is 6.09 Å². The van der Waals surface area contributed by atoms with E-state index in [0.717, 1.165) is 42.5 Å². The number of allylic oxidation sites excluding steroid dienone is 1. The maximum atomic E-state index is 13.6. The lowest BCUT2D eigenvalue weighted by Crippen LogP contribution is -2.57. The molecule has 2 aliphatic carbocycles. The molecule has 1 aliphatic heterocycles. The number of fused-ring (bicyclic) bond motifs is 2. The highest BCUT2D eigenvalue weighted by atomic mass is 19.1. The van der Waals surface area contributed by atoms with Gasteiger partial charge in [0, 0.05) is 30.5 Å². The molecular formula is C31H40FN2O4+. The number of rotatable bonds is 5. The number of halogens is 1. The number of benzene rings is 1. The first-order valence-corrected chi connectivity index (χ1v) is 13.9. The van der Waals surface area contributed by atoms with Crippen molar-refractivity contribution in [3.8, 4) is 11.1 Å². The largest absolute Gasteiger partial charge is 0.515 e. The van der Waals surface area contributed by atoms with E-state index in [4.69, 9.17) is 9.47 Å². The summed E-state index contributed by atoms with van der Waals surface area (Å²) in [6.45, 7) is 4.31. The van der Waals surface area contributed by atoms with Crippen molar-refractivity contribution >= 4 is 12.2 Å². The van der Waals surface area contributed by atoms with Crippen molar-refractivity contribution in [1.82, 2.24) is 4.98 Å². The molecule has 204 valence electrons. The van der Waals surface area contributed by atoms with Crippen LogP contribution in [0.1, 0.15) is 45.2 Å². The molecule has 3 aliphatic rings. The van der Waals surface area contributed by atoms with Gasteiger partial charge in [-0.3, -0.25) is 4.98 Å². The maximum absolute atomic E-state index is 13.6. The van der Waals surface area contributed by atoms with Crippen LogP contribution in [0.3, 0.4) is 0 Å². The predicted octanol–water partition coefficient (Wildman–Crippen LogP) is 5.91. The highest BCUT2D eigenvalue weighted by Crippen LogP contribution is 2.55. The van der Waals surface area contributed by atoms with Crippen LogP contribution in [0.5, 0.6) is 0 Å². The first-order valence-electron chi connectivity index (χ1n) is 13.9. The second kappa shape index (κ2) is 10.9. The van der Waals surface area contributed by atoms with E-state index in [1.165, 1.54) is 12.1 Å². The van der Waals surface area contributed by atoms with Gasteiger partial charge in [0.25, 0.3) is 0 Å². The fraction of sp³-hybridized carbons (Fsp3) is 0.548. The van der Waals surface area contributed by atoms with Gasteiger partial charge in [0.15, 0.2) is 6.29 Å². The summed E-state index contributed by atoms with van der Waals surface area (Å²) in [7, 11) is 3.92. The zero-order valence-electron chi connectivity index (χ0n) is 22.8. The molecule has 2 saturated carbocycles. The topological polar surface area (TPSA) is 68.7 Å². The minimum Gasteiger partial charge on any atom is -0.420 e. The standard InChI is InChI=1S/C31H40FN2O4/c1-5-37-31(36)34(3,4)25-12-14-26-22(16-25)17-28-29(19(2)38-30(28)35)27(26)13-11-24-10-9-21(18-33-24)20-7-6-8-23(32)15-20/h6-11,13,15,18-19,22,25-30,35H,5,12,14,16-17H2,1-4H3/q+1/b13-11+/t19-,22+,25-,26-,27+,28-,29+,30?/m1/s1. The zero-order chi connectivity index (χ0) is 27.0. The van der Waals surface area contributed by atoms with Gasteiger partial charge in [-0.2, -0.15) is 4.79 Å². The molecule has 5 rings (SSSR count). The van der Waals surface area contributed by atoms with Crippen LogP contribution in [0.25, 0.3) is 17.2 Å².